The predicted octanol–water partition coefficient (Wildman–Crippen LogP) is 2.56. The lowest BCUT2D eigenvalue weighted by Crippen LogP contribution is -2.08. The molecule has 0 saturated heterocycles. The number of hydrogen-bond acceptors (Lipinski definition) is 3. The number of nitrogens with zero attached hydrogens (tertiary/aromatic N) is 4. The molecular weight excluding hydrogens is 264 g/mol. The number of benzene rings is 1. The quantitative estimate of drug-likeness (QED) is 0.782. The lowest BCUT2D eigenvalue weighted by Gasteiger charge is -2.12. The molecule has 0 aliphatic rings. The third kappa shape index (κ3) is 2.73. The molecule has 1 N–H and O–H groups in total. The lowest BCUT2D eigenvalue weighted by atomic mass is 10.1. The van der Waals surface area contributed by atoms with Gasteiger partial charge < -0.3 is 5.11 Å². The summed E-state index contributed by atoms with van der Waals surface area (Å²) in [4.78, 5) is 0. The molecule has 1 aromatic carbocycles. The fourth-order valence-electron chi connectivity index (χ4n) is 2.35. The molecule has 21 heavy (non-hydrogen) atoms. The van der Waals surface area contributed by atoms with Gasteiger partial charge in [0.25, 0.3) is 0 Å². The van der Waals surface area contributed by atoms with Crippen molar-refractivity contribution in [2.75, 3.05) is 0 Å². The minimum Gasteiger partial charge on any atom is -0.382 e. The van der Waals surface area contributed by atoms with Crippen molar-refractivity contribution in [3.8, 4) is 5.69 Å². The molecular formula is C16H18N4O. The van der Waals surface area contributed by atoms with Crippen LogP contribution in [0.15, 0.2) is 55.0 Å². The smallest absolute Gasteiger partial charge is 0.124 e. The number of rotatable bonds is 5. The second-order valence-corrected chi connectivity index (χ2v) is 4.94. The lowest BCUT2D eigenvalue weighted by molar-refractivity contribution is 0.212. The van der Waals surface area contributed by atoms with Crippen molar-refractivity contribution in [1.29, 1.82) is 0 Å². The Morgan fingerprint density at radius 1 is 1.14 bits per heavy atom. The van der Waals surface area contributed by atoms with E-state index in [1.54, 1.807) is 17.1 Å². The molecule has 5 heteroatoms. The summed E-state index contributed by atoms with van der Waals surface area (Å²) in [6.45, 7) is 2.95. The average molecular weight is 282 g/mol. The summed E-state index contributed by atoms with van der Waals surface area (Å²) in [7, 11) is 0. The molecule has 3 aromatic rings. The number of aliphatic hydroxyl groups is 1. The summed E-state index contributed by atoms with van der Waals surface area (Å²) >= 11 is 0. The van der Waals surface area contributed by atoms with E-state index in [-0.39, 0.29) is 0 Å². The van der Waals surface area contributed by atoms with Crippen LogP contribution < -0.4 is 0 Å². The highest BCUT2D eigenvalue weighted by Crippen LogP contribution is 2.23. The van der Waals surface area contributed by atoms with E-state index >= 15 is 0 Å². The predicted molar refractivity (Wildman–Crippen MR) is 80.1 cm³/mol. The van der Waals surface area contributed by atoms with Gasteiger partial charge in [0, 0.05) is 24.5 Å². The van der Waals surface area contributed by atoms with Crippen molar-refractivity contribution in [1.82, 2.24) is 19.6 Å². The summed E-state index contributed by atoms with van der Waals surface area (Å²) in [5.74, 6) is 0. The van der Waals surface area contributed by atoms with E-state index in [0.29, 0.717) is 0 Å². The molecule has 5 nitrogen and oxygen atoms in total. The number of aliphatic hydroxyl groups excluding tert-OH is 1. The van der Waals surface area contributed by atoms with Gasteiger partial charge in [-0.1, -0.05) is 25.1 Å². The largest absolute Gasteiger partial charge is 0.382 e. The zero-order valence-electron chi connectivity index (χ0n) is 11.9. The van der Waals surface area contributed by atoms with Crippen LogP contribution in [-0.2, 0) is 6.54 Å². The fourth-order valence-corrected chi connectivity index (χ4v) is 2.35. The van der Waals surface area contributed by atoms with Crippen molar-refractivity contribution >= 4 is 0 Å². The SMILES string of the molecule is CCCn1cc(C(O)c2ccnn2-c2ccccc2)cn1. The molecule has 1 atom stereocenters. The van der Waals surface area contributed by atoms with E-state index in [0.717, 1.165) is 29.9 Å². The Balaban J connectivity index is 1.91. The van der Waals surface area contributed by atoms with Crippen molar-refractivity contribution < 1.29 is 5.11 Å². The topological polar surface area (TPSA) is 55.9 Å². The van der Waals surface area contributed by atoms with Gasteiger partial charge in [-0.3, -0.25) is 4.68 Å². The first-order valence-electron chi connectivity index (χ1n) is 7.09. The molecule has 0 spiro atoms. The van der Waals surface area contributed by atoms with Crippen molar-refractivity contribution in [2.45, 2.75) is 26.0 Å². The van der Waals surface area contributed by atoms with Crippen LogP contribution in [0.2, 0.25) is 0 Å². The van der Waals surface area contributed by atoms with E-state index in [9.17, 15) is 5.11 Å². The fraction of sp³-hybridized carbons (Fsp3) is 0.250. The highest BCUT2D eigenvalue weighted by molar-refractivity contribution is 5.34. The highest BCUT2D eigenvalue weighted by atomic mass is 16.3. The zero-order chi connectivity index (χ0) is 14.7. The second-order valence-electron chi connectivity index (χ2n) is 4.94. The van der Waals surface area contributed by atoms with E-state index < -0.39 is 6.10 Å². The third-order valence-corrected chi connectivity index (χ3v) is 3.37. The van der Waals surface area contributed by atoms with E-state index in [4.69, 9.17) is 0 Å². The molecule has 0 bridgehead atoms. The Labute approximate surface area is 123 Å². The molecule has 0 aliphatic carbocycles. The summed E-state index contributed by atoms with van der Waals surface area (Å²) in [6, 6.07) is 11.6. The van der Waals surface area contributed by atoms with Crippen molar-refractivity contribution in [3.63, 3.8) is 0 Å². The Morgan fingerprint density at radius 2 is 1.95 bits per heavy atom. The minimum absolute atomic E-state index is 0.734. The minimum atomic E-state index is -0.738. The maximum absolute atomic E-state index is 10.6. The van der Waals surface area contributed by atoms with Gasteiger partial charge in [-0.25, -0.2) is 4.68 Å². The monoisotopic (exact) mass is 282 g/mol. The van der Waals surface area contributed by atoms with Crippen LogP contribution >= 0.6 is 0 Å². The number of hydrogen-bond donors (Lipinski definition) is 1. The maximum atomic E-state index is 10.6. The Hall–Kier alpha value is -2.40. The second kappa shape index (κ2) is 5.93. The van der Waals surface area contributed by atoms with Gasteiger partial charge in [0.05, 0.1) is 17.6 Å². The maximum Gasteiger partial charge on any atom is 0.124 e. The molecule has 0 radical (unpaired) electrons. The zero-order valence-corrected chi connectivity index (χ0v) is 11.9. The molecule has 1 unspecified atom stereocenters. The standard InChI is InChI=1S/C16H18N4O/c1-2-10-19-12-13(11-18-19)16(21)15-8-9-17-20(15)14-6-4-3-5-7-14/h3-9,11-12,16,21H,2,10H2,1H3. The first-order valence-corrected chi connectivity index (χ1v) is 7.09. The molecule has 0 aliphatic heterocycles. The van der Waals surface area contributed by atoms with Gasteiger partial charge in [-0.15, -0.1) is 0 Å². The summed E-state index contributed by atoms with van der Waals surface area (Å²) in [6.07, 6.45) is 5.57. The molecule has 2 heterocycles. The summed E-state index contributed by atoms with van der Waals surface area (Å²) in [5.41, 5.74) is 2.44. The van der Waals surface area contributed by atoms with Crippen LogP contribution in [-0.4, -0.2) is 24.7 Å². The Kier molecular flexibility index (Phi) is 3.83. The first kappa shape index (κ1) is 13.6. The average Bonchev–Trinajstić information content (AvgIpc) is 3.17. The molecule has 0 saturated carbocycles. The Morgan fingerprint density at radius 3 is 2.71 bits per heavy atom. The Bertz CT molecular complexity index is 702. The molecule has 108 valence electrons. The van der Waals surface area contributed by atoms with Gasteiger partial charge >= 0.3 is 0 Å². The molecule has 0 amide bonds. The summed E-state index contributed by atoms with van der Waals surface area (Å²) in [5, 5.41) is 19.2. The summed E-state index contributed by atoms with van der Waals surface area (Å²) < 4.78 is 3.60. The van der Waals surface area contributed by atoms with Crippen LogP contribution in [0.1, 0.15) is 30.7 Å². The van der Waals surface area contributed by atoms with E-state index in [1.165, 1.54) is 0 Å². The highest BCUT2D eigenvalue weighted by Gasteiger charge is 2.17. The molecule has 3 rings (SSSR count). The van der Waals surface area contributed by atoms with Crippen LogP contribution in [0.5, 0.6) is 0 Å². The van der Waals surface area contributed by atoms with Gasteiger partial charge in [0.1, 0.15) is 6.10 Å². The number of aryl methyl sites for hydroxylation is 1. The van der Waals surface area contributed by atoms with E-state index in [1.807, 2.05) is 47.3 Å². The third-order valence-electron chi connectivity index (χ3n) is 3.37. The van der Waals surface area contributed by atoms with Crippen LogP contribution in [0.25, 0.3) is 5.69 Å². The van der Waals surface area contributed by atoms with Crippen molar-refractivity contribution in [2.24, 2.45) is 0 Å². The van der Waals surface area contributed by atoms with Crippen LogP contribution in [0.3, 0.4) is 0 Å². The first-order chi connectivity index (χ1) is 10.3. The normalized spacial score (nSPS) is 12.5. The van der Waals surface area contributed by atoms with Gasteiger partial charge in [0.2, 0.25) is 0 Å². The van der Waals surface area contributed by atoms with Crippen molar-refractivity contribution in [3.05, 3.63) is 66.2 Å². The number of para-hydroxylation sites is 1. The van der Waals surface area contributed by atoms with Gasteiger partial charge in [0.15, 0.2) is 0 Å². The van der Waals surface area contributed by atoms with Gasteiger partial charge in [-0.05, 0) is 24.6 Å². The van der Waals surface area contributed by atoms with Crippen LogP contribution in [0.4, 0.5) is 0 Å². The van der Waals surface area contributed by atoms with Gasteiger partial charge in [-0.2, -0.15) is 10.2 Å². The number of aromatic nitrogens is 4. The van der Waals surface area contributed by atoms with Crippen LogP contribution in [0, 0.1) is 0 Å². The molecule has 0 fully saturated rings. The molecule has 2 aromatic heterocycles. The van der Waals surface area contributed by atoms with E-state index in [2.05, 4.69) is 17.1 Å².